The number of rotatable bonds is 7. The maximum Gasteiger partial charge on any atom is 0.258 e. The molecule has 1 aromatic rings. The van der Waals surface area contributed by atoms with Crippen molar-refractivity contribution in [2.24, 2.45) is 0 Å². The molecule has 0 spiro atoms. The lowest BCUT2D eigenvalue weighted by Gasteiger charge is -2.33. The molecule has 1 aliphatic rings. The van der Waals surface area contributed by atoms with Crippen molar-refractivity contribution < 1.29 is 23.5 Å². The second kappa shape index (κ2) is 9.22. The standard InChI is InChI=1S/C17H23FN2O4/c1-13(21)20(15-6-10-23-11-7-15)9-8-19-17(22)12-24-16-4-2-14(18)3-5-16/h2-5,15H,6-12H2,1H3,(H,19,22). The summed E-state index contributed by atoms with van der Waals surface area (Å²) < 4.78 is 23.3. The summed E-state index contributed by atoms with van der Waals surface area (Å²) in [6.07, 6.45) is 1.64. The first-order valence-electron chi connectivity index (χ1n) is 8.06. The van der Waals surface area contributed by atoms with E-state index in [1.165, 1.54) is 31.2 Å². The normalized spacial score (nSPS) is 14.9. The highest BCUT2D eigenvalue weighted by atomic mass is 19.1. The third kappa shape index (κ3) is 5.81. The van der Waals surface area contributed by atoms with Gasteiger partial charge in [-0.25, -0.2) is 4.39 Å². The molecule has 0 atom stereocenters. The Balaban J connectivity index is 1.70. The third-order valence-electron chi connectivity index (χ3n) is 3.89. The molecule has 0 bridgehead atoms. The van der Waals surface area contributed by atoms with Crippen LogP contribution in [0.5, 0.6) is 5.75 Å². The van der Waals surface area contributed by atoms with Gasteiger partial charge in [0.15, 0.2) is 6.61 Å². The maximum absolute atomic E-state index is 12.8. The van der Waals surface area contributed by atoms with Crippen LogP contribution in [0.1, 0.15) is 19.8 Å². The average molecular weight is 338 g/mol. The lowest BCUT2D eigenvalue weighted by Crippen LogP contribution is -2.46. The van der Waals surface area contributed by atoms with Crippen LogP contribution in [-0.4, -0.2) is 55.7 Å². The van der Waals surface area contributed by atoms with Gasteiger partial charge in [-0.3, -0.25) is 9.59 Å². The number of amides is 2. The van der Waals surface area contributed by atoms with Crippen LogP contribution >= 0.6 is 0 Å². The first-order chi connectivity index (χ1) is 11.6. The number of halogens is 1. The lowest BCUT2D eigenvalue weighted by atomic mass is 10.1. The molecule has 2 amide bonds. The molecule has 1 heterocycles. The minimum absolute atomic E-state index is 0.00119. The quantitative estimate of drug-likeness (QED) is 0.815. The molecule has 1 aromatic carbocycles. The Morgan fingerprint density at radius 3 is 2.58 bits per heavy atom. The molecule has 0 unspecified atom stereocenters. The molecule has 132 valence electrons. The molecule has 1 saturated heterocycles. The second-order valence-corrected chi connectivity index (χ2v) is 5.65. The number of carbonyl (C=O) groups is 2. The Bertz CT molecular complexity index is 544. The largest absolute Gasteiger partial charge is 0.484 e. The van der Waals surface area contributed by atoms with Crippen LogP contribution in [0.25, 0.3) is 0 Å². The Kier molecular flexibility index (Phi) is 6.99. The number of carbonyl (C=O) groups excluding carboxylic acids is 2. The van der Waals surface area contributed by atoms with Crippen LogP contribution in [-0.2, 0) is 14.3 Å². The summed E-state index contributed by atoms with van der Waals surface area (Å²) in [5.41, 5.74) is 0. The van der Waals surface area contributed by atoms with Gasteiger partial charge in [0.2, 0.25) is 5.91 Å². The van der Waals surface area contributed by atoms with Crippen molar-refractivity contribution >= 4 is 11.8 Å². The van der Waals surface area contributed by atoms with Crippen LogP contribution in [0.3, 0.4) is 0 Å². The first-order valence-corrected chi connectivity index (χ1v) is 8.06. The van der Waals surface area contributed by atoms with E-state index in [-0.39, 0.29) is 30.3 Å². The number of nitrogens with one attached hydrogen (secondary N) is 1. The second-order valence-electron chi connectivity index (χ2n) is 5.65. The van der Waals surface area contributed by atoms with Crippen molar-refractivity contribution in [2.75, 3.05) is 32.9 Å². The van der Waals surface area contributed by atoms with Crippen molar-refractivity contribution in [1.29, 1.82) is 0 Å². The Morgan fingerprint density at radius 2 is 1.96 bits per heavy atom. The van der Waals surface area contributed by atoms with Crippen LogP contribution in [0.2, 0.25) is 0 Å². The smallest absolute Gasteiger partial charge is 0.258 e. The molecule has 7 heteroatoms. The van der Waals surface area contributed by atoms with E-state index in [4.69, 9.17) is 9.47 Å². The maximum atomic E-state index is 12.8. The van der Waals surface area contributed by atoms with E-state index in [2.05, 4.69) is 5.32 Å². The molecule has 2 rings (SSSR count). The van der Waals surface area contributed by atoms with Crippen molar-refractivity contribution in [3.8, 4) is 5.75 Å². The summed E-state index contributed by atoms with van der Waals surface area (Å²) in [5, 5.41) is 2.73. The van der Waals surface area contributed by atoms with Crippen LogP contribution in [0, 0.1) is 5.82 Å². The SMILES string of the molecule is CC(=O)N(CCNC(=O)COc1ccc(F)cc1)C1CCOCC1. The molecule has 24 heavy (non-hydrogen) atoms. The first kappa shape index (κ1) is 18.2. The van der Waals surface area contributed by atoms with E-state index in [9.17, 15) is 14.0 Å². The summed E-state index contributed by atoms with van der Waals surface area (Å²) in [4.78, 5) is 25.3. The van der Waals surface area contributed by atoms with Gasteiger partial charge in [0, 0.05) is 39.3 Å². The van der Waals surface area contributed by atoms with Crippen LogP contribution in [0.15, 0.2) is 24.3 Å². The molecule has 1 fully saturated rings. The summed E-state index contributed by atoms with van der Waals surface area (Å²) >= 11 is 0. The summed E-state index contributed by atoms with van der Waals surface area (Å²) in [7, 11) is 0. The number of nitrogens with zero attached hydrogens (tertiary/aromatic N) is 1. The average Bonchev–Trinajstić information content (AvgIpc) is 2.58. The van der Waals surface area contributed by atoms with E-state index in [0.717, 1.165) is 12.8 Å². The summed E-state index contributed by atoms with van der Waals surface area (Å²) in [5.74, 6) is -0.211. The zero-order valence-corrected chi connectivity index (χ0v) is 13.8. The molecule has 1 aliphatic heterocycles. The Labute approximate surface area is 140 Å². The van der Waals surface area contributed by atoms with E-state index in [0.29, 0.717) is 32.1 Å². The highest BCUT2D eigenvalue weighted by Gasteiger charge is 2.23. The fourth-order valence-electron chi connectivity index (χ4n) is 2.64. The Hall–Kier alpha value is -2.15. The minimum atomic E-state index is -0.357. The zero-order valence-electron chi connectivity index (χ0n) is 13.8. The van der Waals surface area contributed by atoms with Crippen molar-refractivity contribution in [1.82, 2.24) is 10.2 Å². The predicted molar refractivity (Wildman–Crippen MR) is 86.1 cm³/mol. The van der Waals surface area contributed by atoms with Crippen LogP contribution < -0.4 is 10.1 Å². The van der Waals surface area contributed by atoms with Crippen molar-refractivity contribution in [3.05, 3.63) is 30.1 Å². The molecule has 0 radical (unpaired) electrons. The molecule has 0 aromatic heterocycles. The highest BCUT2D eigenvalue weighted by Crippen LogP contribution is 2.14. The predicted octanol–water partition coefficient (Wildman–Crippen LogP) is 1.35. The third-order valence-corrected chi connectivity index (χ3v) is 3.89. The molecular formula is C17H23FN2O4. The molecule has 0 aliphatic carbocycles. The van der Waals surface area contributed by atoms with Gasteiger partial charge in [-0.15, -0.1) is 0 Å². The van der Waals surface area contributed by atoms with E-state index in [1.807, 2.05) is 0 Å². The zero-order chi connectivity index (χ0) is 17.4. The van der Waals surface area contributed by atoms with Crippen LogP contribution in [0.4, 0.5) is 4.39 Å². The highest BCUT2D eigenvalue weighted by molar-refractivity contribution is 5.77. The molecule has 6 nitrogen and oxygen atoms in total. The van der Waals surface area contributed by atoms with E-state index in [1.54, 1.807) is 4.90 Å². The lowest BCUT2D eigenvalue weighted by molar-refractivity contribution is -0.133. The van der Waals surface area contributed by atoms with Gasteiger partial charge in [0.25, 0.3) is 5.91 Å². The van der Waals surface area contributed by atoms with E-state index >= 15 is 0 Å². The fraction of sp³-hybridized carbons (Fsp3) is 0.529. The topological polar surface area (TPSA) is 67.9 Å². The molecular weight excluding hydrogens is 315 g/mol. The van der Waals surface area contributed by atoms with Crippen molar-refractivity contribution in [3.63, 3.8) is 0 Å². The Morgan fingerprint density at radius 1 is 1.29 bits per heavy atom. The van der Waals surface area contributed by atoms with Gasteiger partial charge in [-0.1, -0.05) is 0 Å². The summed E-state index contributed by atoms with van der Waals surface area (Å²) in [6.45, 7) is 3.53. The summed E-state index contributed by atoms with van der Waals surface area (Å²) in [6, 6.07) is 5.64. The number of ether oxygens (including phenoxy) is 2. The number of hydrogen-bond donors (Lipinski definition) is 1. The van der Waals surface area contributed by atoms with Gasteiger partial charge in [0.1, 0.15) is 11.6 Å². The van der Waals surface area contributed by atoms with Gasteiger partial charge in [0.05, 0.1) is 0 Å². The monoisotopic (exact) mass is 338 g/mol. The van der Waals surface area contributed by atoms with Gasteiger partial charge >= 0.3 is 0 Å². The van der Waals surface area contributed by atoms with Gasteiger partial charge < -0.3 is 19.7 Å². The van der Waals surface area contributed by atoms with E-state index < -0.39 is 0 Å². The van der Waals surface area contributed by atoms with Gasteiger partial charge in [-0.05, 0) is 37.1 Å². The molecule has 1 N–H and O–H groups in total. The minimum Gasteiger partial charge on any atom is -0.484 e. The molecule has 0 saturated carbocycles. The number of hydrogen-bond acceptors (Lipinski definition) is 4. The number of benzene rings is 1. The van der Waals surface area contributed by atoms with Gasteiger partial charge in [-0.2, -0.15) is 0 Å². The fourth-order valence-corrected chi connectivity index (χ4v) is 2.64. The van der Waals surface area contributed by atoms with Crippen molar-refractivity contribution in [2.45, 2.75) is 25.8 Å².